The Morgan fingerprint density at radius 3 is 2.26 bits per heavy atom. The summed E-state index contributed by atoms with van der Waals surface area (Å²) >= 11 is 6.11. The zero-order valence-corrected chi connectivity index (χ0v) is 24.7. The smallest absolute Gasteiger partial charge is 0.409 e. The number of ether oxygens (including phenoxy) is 1. The summed E-state index contributed by atoms with van der Waals surface area (Å²) in [6, 6.07) is 7.47. The molecule has 0 aromatic heterocycles. The van der Waals surface area contributed by atoms with Crippen LogP contribution >= 0.6 is 11.6 Å². The van der Waals surface area contributed by atoms with E-state index in [9.17, 15) is 19.5 Å². The van der Waals surface area contributed by atoms with Gasteiger partial charge in [0.25, 0.3) is 0 Å². The van der Waals surface area contributed by atoms with Gasteiger partial charge in [0.2, 0.25) is 11.8 Å². The number of amides is 3. The van der Waals surface area contributed by atoms with Crippen molar-refractivity contribution in [2.75, 3.05) is 39.9 Å². The Kier molecular flexibility index (Phi) is 8.86. The van der Waals surface area contributed by atoms with E-state index >= 15 is 0 Å². The zero-order valence-electron chi connectivity index (χ0n) is 24.0. The number of carbonyl (C=O) groups excluding carboxylic acids is 3. The number of methoxy groups -OCH3 is 1. The molecule has 0 bridgehead atoms. The second-order valence-corrected chi connectivity index (χ2v) is 13.5. The number of benzene rings is 1. The van der Waals surface area contributed by atoms with Crippen LogP contribution in [0.25, 0.3) is 0 Å². The van der Waals surface area contributed by atoms with Crippen molar-refractivity contribution in [3.63, 3.8) is 0 Å². The lowest BCUT2D eigenvalue weighted by Crippen LogP contribution is -2.55. The number of aliphatic hydroxyl groups excluding tert-OH is 1. The summed E-state index contributed by atoms with van der Waals surface area (Å²) in [6.45, 7) is 9.64. The molecule has 3 amide bonds. The highest BCUT2D eigenvalue weighted by Crippen LogP contribution is 2.40. The van der Waals surface area contributed by atoms with E-state index in [1.165, 1.54) is 7.11 Å². The van der Waals surface area contributed by atoms with Crippen LogP contribution in [0.3, 0.4) is 0 Å². The van der Waals surface area contributed by atoms with Crippen LogP contribution in [0.5, 0.6) is 0 Å². The Labute approximate surface area is 237 Å². The van der Waals surface area contributed by atoms with Gasteiger partial charge in [-0.25, -0.2) is 4.79 Å². The molecule has 0 spiro atoms. The second-order valence-electron chi connectivity index (χ2n) is 13.0. The van der Waals surface area contributed by atoms with Gasteiger partial charge >= 0.3 is 6.09 Å². The van der Waals surface area contributed by atoms with E-state index in [1.807, 2.05) is 34.1 Å². The summed E-state index contributed by atoms with van der Waals surface area (Å²) in [5.74, 6) is -0.606. The number of hydrogen-bond acceptors (Lipinski definition) is 5. The Morgan fingerprint density at radius 1 is 1.03 bits per heavy atom. The molecule has 1 aliphatic carbocycles. The number of rotatable bonds is 6. The topological polar surface area (TPSA) is 90.4 Å². The largest absolute Gasteiger partial charge is 0.453 e. The van der Waals surface area contributed by atoms with E-state index < -0.39 is 17.4 Å². The van der Waals surface area contributed by atoms with Gasteiger partial charge < -0.3 is 24.5 Å². The Balaban J connectivity index is 1.54. The van der Waals surface area contributed by atoms with Gasteiger partial charge in [0, 0.05) is 43.2 Å². The fourth-order valence-corrected chi connectivity index (χ4v) is 6.62. The number of hydrogen-bond donors (Lipinski definition) is 1. The fourth-order valence-electron chi connectivity index (χ4n) is 6.49. The van der Waals surface area contributed by atoms with E-state index in [1.54, 1.807) is 18.7 Å². The molecule has 1 aromatic carbocycles. The van der Waals surface area contributed by atoms with Crippen LogP contribution in [-0.4, -0.2) is 89.7 Å². The lowest BCUT2D eigenvalue weighted by Gasteiger charge is -2.45. The summed E-state index contributed by atoms with van der Waals surface area (Å²) in [4.78, 5) is 45.6. The fraction of sp³-hybridized carbons (Fsp3) is 0.700. The third-order valence-corrected chi connectivity index (χ3v) is 9.40. The van der Waals surface area contributed by atoms with Gasteiger partial charge in [-0.2, -0.15) is 0 Å². The Morgan fingerprint density at radius 2 is 1.67 bits per heavy atom. The number of carbonyl (C=O) groups is 3. The summed E-state index contributed by atoms with van der Waals surface area (Å²) < 4.78 is 4.97. The molecule has 8 nitrogen and oxygen atoms in total. The molecule has 0 unspecified atom stereocenters. The standard InChI is InChI=1S/C30H44ClN3O5/c1-29(2)13-10-22(11-14-29)34(27(37)30(3,4)19-35)23-12-15-32(16-23)26(36)25-18-33(28(38)39-5)17-24(25)20-6-8-21(31)9-7-20/h6-9,22-25,35H,10-19H2,1-5H3/t23-,24-,25+/m0/s1. The van der Waals surface area contributed by atoms with Crippen LogP contribution in [-0.2, 0) is 14.3 Å². The molecule has 2 aliphatic heterocycles. The maximum Gasteiger partial charge on any atom is 0.409 e. The van der Waals surface area contributed by atoms with Crippen LogP contribution in [0.2, 0.25) is 5.02 Å². The molecule has 2 heterocycles. The Bertz CT molecular complexity index is 1050. The average Bonchev–Trinajstić information content (AvgIpc) is 3.57. The van der Waals surface area contributed by atoms with Crippen molar-refractivity contribution in [3.8, 4) is 0 Å². The monoisotopic (exact) mass is 561 g/mol. The van der Waals surface area contributed by atoms with Crippen molar-refractivity contribution in [2.24, 2.45) is 16.7 Å². The van der Waals surface area contributed by atoms with E-state index in [0.29, 0.717) is 31.1 Å². The van der Waals surface area contributed by atoms with Crippen molar-refractivity contribution >= 4 is 29.5 Å². The van der Waals surface area contributed by atoms with E-state index in [0.717, 1.165) is 31.2 Å². The van der Waals surface area contributed by atoms with Crippen molar-refractivity contribution < 1.29 is 24.2 Å². The van der Waals surface area contributed by atoms with Crippen molar-refractivity contribution in [2.45, 2.75) is 77.8 Å². The first-order valence-electron chi connectivity index (χ1n) is 14.2. The average molecular weight is 562 g/mol. The van der Waals surface area contributed by atoms with Crippen molar-refractivity contribution in [1.82, 2.24) is 14.7 Å². The molecule has 3 aliphatic rings. The minimum atomic E-state index is -0.878. The predicted octanol–water partition coefficient (Wildman–Crippen LogP) is 4.54. The first-order valence-corrected chi connectivity index (χ1v) is 14.6. The minimum Gasteiger partial charge on any atom is -0.453 e. The van der Waals surface area contributed by atoms with Crippen LogP contribution in [0.15, 0.2) is 24.3 Å². The van der Waals surface area contributed by atoms with Gasteiger partial charge in [-0.3, -0.25) is 9.59 Å². The van der Waals surface area contributed by atoms with Gasteiger partial charge in [0.1, 0.15) is 0 Å². The Hall–Kier alpha value is -2.32. The SMILES string of the molecule is COC(=O)N1C[C@@H](C(=O)N2CC[C@H](N(C(=O)C(C)(C)CO)C3CCC(C)(C)CC3)C2)[C@H](c2ccc(Cl)cc2)C1. The first-order chi connectivity index (χ1) is 18.4. The molecule has 4 rings (SSSR count). The summed E-state index contributed by atoms with van der Waals surface area (Å²) in [7, 11) is 1.35. The van der Waals surface area contributed by atoms with Gasteiger partial charge in [-0.05, 0) is 69.1 Å². The normalized spacial score (nSPS) is 25.6. The highest BCUT2D eigenvalue weighted by molar-refractivity contribution is 6.30. The summed E-state index contributed by atoms with van der Waals surface area (Å²) in [5, 5.41) is 10.6. The maximum atomic E-state index is 14.0. The third-order valence-electron chi connectivity index (χ3n) is 9.15. The molecule has 216 valence electrons. The highest BCUT2D eigenvalue weighted by Gasteiger charge is 2.47. The zero-order chi connectivity index (χ0) is 28.5. The van der Waals surface area contributed by atoms with Gasteiger partial charge in [0.05, 0.1) is 31.1 Å². The molecule has 0 radical (unpaired) electrons. The van der Waals surface area contributed by atoms with Crippen molar-refractivity contribution in [3.05, 3.63) is 34.9 Å². The van der Waals surface area contributed by atoms with Crippen molar-refractivity contribution in [1.29, 1.82) is 0 Å². The number of nitrogens with zero attached hydrogens (tertiary/aromatic N) is 3. The maximum absolute atomic E-state index is 14.0. The molecule has 1 N–H and O–H groups in total. The van der Waals surface area contributed by atoms with Crippen LogP contribution < -0.4 is 0 Å². The summed E-state index contributed by atoms with van der Waals surface area (Å²) in [6.07, 6.45) is 4.22. The van der Waals surface area contributed by atoms with Crippen LogP contribution in [0.4, 0.5) is 4.79 Å². The summed E-state index contributed by atoms with van der Waals surface area (Å²) in [5.41, 5.74) is 0.350. The molecule has 3 atom stereocenters. The minimum absolute atomic E-state index is 0.00227. The van der Waals surface area contributed by atoms with E-state index in [2.05, 4.69) is 13.8 Å². The first kappa shape index (κ1) is 29.7. The molecule has 9 heteroatoms. The lowest BCUT2D eigenvalue weighted by molar-refractivity contribution is -0.149. The highest BCUT2D eigenvalue weighted by atomic mass is 35.5. The number of halogens is 1. The molecule has 1 aromatic rings. The molecular weight excluding hydrogens is 518 g/mol. The van der Waals surface area contributed by atoms with Crippen LogP contribution in [0, 0.1) is 16.7 Å². The van der Waals surface area contributed by atoms with E-state index in [-0.39, 0.29) is 48.4 Å². The predicted molar refractivity (Wildman–Crippen MR) is 150 cm³/mol. The lowest BCUT2D eigenvalue weighted by atomic mass is 9.74. The number of likely N-dealkylation sites (tertiary alicyclic amines) is 2. The molecule has 39 heavy (non-hydrogen) atoms. The van der Waals surface area contributed by atoms with Crippen LogP contribution in [0.1, 0.15) is 71.3 Å². The molecule has 2 saturated heterocycles. The van der Waals surface area contributed by atoms with E-state index in [4.69, 9.17) is 16.3 Å². The molecule has 3 fully saturated rings. The van der Waals surface area contributed by atoms with Gasteiger partial charge in [-0.15, -0.1) is 0 Å². The number of aliphatic hydroxyl groups is 1. The quantitative estimate of drug-likeness (QED) is 0.551. The molecule has 1 saturated carbocycles. The second kappa shape index (κ2) is 11.7. The third kappa shape index (κ3) is 6.37. The van der Waals surface area contributed by atoms with Gasteiger partial charge in [0.15, 0.2) is 0 Å². The molecular formula is C30H44ClN3O5. The van der Waals surface area contributed by atoms with Gasteiger partial charge in [-0.1, -0.05) is 37.6 Å².